The molecule has 1 saturated heterocycles. The van der Waals surface area contributed by atoms with Crippen molar-refractivity contribution < 1.29 is 28.9 Å². The second-order valence-electron chi connectivity index (χ2n) is 5.55. The van der Waals surface area contributed by atoms with Crippen LogP contribution < -0.4 is 9.47 Å². The molecule has 0 aliphatic carbocycles. The number of hydrogen-bond acceptors (Lipinski definition) is 7. The van der Waals surface area contributed by atoms with Gasteiger partial charge in [-0.1, -0.05) is 0 Å². The highest BCUT2D eigenvalue weighted by Gasteiger charge is 2.30. The highest BCUT2D eigenvalue weighted by Crippen LogP contribution is 2.37. The van der Waals surface area contributed by atoms with Gasteiger partial charge in [0.25, 0.3) is 5.91 Å². The van der Waals surface area contributed by atoms with Gasteiger partial charge in [0.1, 0.15) is 9.88 Å². The van der Waals surface area contributed by atoms with Crippen LogP contribution in [0.25, 0.3) is 10.6 Å². The molecule has 4 rings (SSSR count). The largest absolute Gasteiger partial charge is 0.479 e. The molecule has 2 aliphatic heterocycles. The molecule has 1 N–H and O–H groups in total. The predicted molar refractivity (Wildman–Crippen MR) is 87.0 cm³/mol. The second-order valence-corrected chi connectivity index (χ2v) is 6.58. The van der Waals surface area contributed by atoms with Gasteiger partial charge < -0.3 is 24.2 Å². The molecular formula is C16H14N2O6S. The average molecular weight is 362 g/mol. The summed E-state index contributed by atoms with van der Waals surface area (Å²) in [6, 6.07) is 5.49. The summed E-state index contributed by atoms with van der Waals surface area (Å²) in [5.74, 6) is 0.0320. The Balaban J connectivity index is 1.52. The van der Waals surface area contributed by atoms with Crippen molar-refractivity contribution in [2.24, 2.45) is 0 Å². The molecule has 2 aliphatic rings. The van der Waals surface area contributed by atoms with Gasteiger partial charge in [0.15, 0.2) is 17.6 Å². The number of carbonyl (C=O) groups excluding carboxylic acids is 1. The van der Waals surface area contributed by atoms with Crippen molar-refractivity contribution >= 4 is 23.2 Å². The van der Waals surface area contributed by atoms with Crippen LogP contribution in [0.15, 0.2) is 24.4 Å². The van der Waals surface area contributed by atoms with E-state index in [1.165, 1.54) is 22.4 Å². The number of nitrogens with zero attached hydrogens (tertiary/aromatic N) is 2. The lowest BCUT2D eigenvalue weighted by atomic mass is 10.2. The molecule has 1 amide bonds. The number of thiazole rings is 1. The van der Waals surface area contributed by atoms with Crippen LogP contribution in [0.3, 0.4) is 0 Å². The van der Waals surface area contributed by atoms with Gasteiger partial charge in [-0.2, -0.15) is 0 Å². The molecule has 2 aromatic rings. The minimum atomic E-state index is -1.07. The number of rotatable bonds is 3. The molecule has 0 radical (unpaired) electrons. The van der Waals surface area contributed by atoms with E-state index in [-0.39, 0.29) is 25.9 Å². The van der Waals surface area contributed by atoms with E-state index in [1.54, 1.807) is 6.07 Å². The fourth-order valence-electron chi connectivity index (χ4n) is 2.68. The maximum Gasteiger partial charge on any atom is 0.334 e. The maximum atomic E-state index is 12.6. The van der Waals surface area contributed by atoms with E-state index in [9.17, 15) is 9.59 Å². The van der Waals surface area contributed by atoms with Crippen LogP contribution in [-0.4, -0.2) is 59.5 Å². The highest BCUT2D eigenvalue weighted by molar-refractivity contribution is 7.16. The van der Waals surface area contributed by atoms with Crippen molar-refractivity contribution in [1.82, 2.24) is 9.88 Å². The zero-order chi connectivity index (χ0) is 17.4. The van der Waals surface area contributed by atoms with Crippen molar-refractivity contribution in [3.8, 4) is 22.1 Å². The Morgan fingerprint density at radius 2 is 2.12 bits per heavy atom. The Hall–Kier alpha value is -2.65. The van der Waals surface area contributed by atoms with Crippen molar-refractivity contribution in [1.29, 1.82) is 0 Å². The van der Waals surface area contributed by atoms with E-state index in [1.807, 2.05) is 12.1 Å². The summed E-state index contributed by atoms with van der Waals surface area (Å²) in [5, 5.41) is 9.73. The Bertz CT molecular complexity index is 836. The van der Waals surface area contributed by atoms with E-state index in [0.29, 0.717) is 27.9 Å². The van der Waals surface area contributed by atoms with Gasteiger partial charge in [-0.05, 0) is 18.2 Å². The molecule has 3 heterocycles. The Kier molecular flexibility index (Phi) is 4.02. The molecule has 0 saturated carbocycles. The van der Waals surface area contributed by atoms with Crippen LogP contribution in [0, 0.1) is 0 Å². The normalized spacial score (nSPS) is 19.0. The zero-order valence-corrected chi connectivity index (χ0v) is 13.8. The highest BCUT2D eigenvalue weighted by atomic mass is 32.1. The van der Waals surface area contributed by atoms with Gasteiger partial charge >= 0.3 is 5.97 Å². The number of carbonyl (C=O) groups is 2. The van der Waals surface area contributed by atoms with Gasteiger partial charge in [-0.15, -0.1) is 11.3 Å². The van der Waals surface area contributed by atoms with Crippen molar-refractivity contribution in [2.75, 3.05) is 26.5 Å². The van der Waals surface area contributed by atoms with Crippen LogP contribution in [0.4, 0.5) is 0 Å². The van der Waals surface area contributed by atoms with Gasteiger partial charge in [-0.3, -0.25) is 4.79 Å². The number of amides is 1. The minimum Gasteiger partial charge on any atom is -0.479 e. The fraction of sp³-hybridized carbons (Fsp3) is 0.312. The van der Waals surface area contributed by atoms with Crippen LogP contribution >= 0.6 is 11.3 Å². The lowest BCUT2D eigenvalue weighted by Gasteiger charge is -2.30. The van der Waals surface area contributed by atoms with Gasteiger partial charge in [0, 0.05) is 12.1 Å². The molecule has 0 bridgehead atoms. The number of carboxylic acid groups (broad SMARTS) is 1. The number of aromatic nitrogens is 1. The first-order valence-corrected chi connectivity index (χ1v) is 8.43. The van der Waals surface area contributed by atoms with Crippen LogP contribution in [0.1, 0.15) is 9.67 Å². The first-order chi connectivity index (χ1) is 12.1. The number of fused-ring (bicyclic) bond motifs is 1. The summed E-state index contributed by atoms with van der Waals surface area (Å²) in [6.45, 7) is 0.796. The maximum absolute atomic E-state index is 12.6. The first kappa shape index (κ1) is 15.9. The number of morpholine rings is 1. The lowest BCUT2D eigenvalue weighted by Crippen LogP contribution is -2.48. The van der Waals surface area contributed by atoms with E-state index >= 15 is 0 Å². The molecule has 1 aromatic heterocycles. The Morgan fingerprint density at radius 3 is 2.96 bits per heavy atom. The van der Waals surface area contributed by atoms with E-state index in [0.717, 1.165) is 5.56 Å². The molecule has 130 valence electrons. The summed E-state index contributed by atoms with van der Waals surface area (Å²) >= 11 is 1.26. The van der Waals surface area contributed by atoms with Crippen molar-refractivity contribution in [3.05, 3.63) is 29.3 Å². The standard InChI is InChI=1S/C16H14N2O6S/c19-15(18-3-4-22-12(7-18)16(20)21)13-6-17-14(25-13)9-1-2-10-11(5-9)24-8-23-10/h1-2,5-6,12H,3-4,7-8H2,(H,20,21). The number of hydrogen-bond donors (Lipinski definition) is 1. The van der Waals surface area contributed by atoms with Crippen LogP contribution in [0.5, 0.6) is 11.5 Å². The van der Waals surface area contributed by atoms with E-state index < -0.39 is 12.1 Å². The summed E-state index contributed by atoms with van der Waals surface area (Å²) in [6.07, 6.45) is 0.525. The Labute approximate surface area is 146 Å². The van der Waals surface area contributed by atoms with E-state index in [2.05, 4.69) is 4.98 Å². The third-order valence-electron chi connectivity index (χ3n) is 3.97. The molecular weight excluding hydrogens is 348 g/mol. The van der Waals surface area contributed by atoms with Crippen LogP contribution in [-0.2, 0) is 9.53 Å². The van der Waals surface area contributed by atoms with Gasteiger partial charge in [0.2, 0.25) is 6.79 Å². The Morgan fingerprint density at radius 1 is 1.28 bits per heavy atom. The fourth-order valence-corrected chi connectivity index (χ4v) is 3.56. The van der Waals surface area contributed by atoms with Crippen molar-refractivity contribution in [3.63, 3.8) is 0 Å². The zero-order valence-electron chi connectivity index (χ0n) is 13.0. The molecule has 9 heteroatoms. The SMILES string of the molecule is O=C(O)C1CN(C(=O)c2cnc(-c3ccc4c(c3)OCO4)s2)CCO1. The summed E-state index contributed by atoms with van der Waals surface area (Å²) in [7, 11) is 0. The number of ether oxygens (including phenoxy) is 3. The molecule has 1 fully saturated rings. The monoisotopic (exact) mass is 362 g/mol. The number of benzene rings is 1. The molecule has 1 aromatic carbocycles. The quantitative estimate of drug-likeness (QED) is 0.883. The third-order valence-corrected chi connectivity index (χ3v) is 5.00. The molecule has 1 atom stereocenters. The lowest BCUT2D eigenvalue weighted by molar-refractivity contribution is -0.154. The van der Waals surface area contributed by atoms with Crippen LogP contribution in [0.2, 0.25) is 0 Å². The minimum absolute atomic E-state index is 0.0332. The number of aliphatic carboxylic acids is 1. The van der Waals surface area contributed by atoms with Gasteiger partial charge in [0.05, 0.1) is 19.3 Å². The van der Waals surface area contributed by atoms with Gasteiger partial charge in [-0.25, -0.2) is 9.78 Å². The molecule has 0 spiro atoms. The van der Waals surface area contributed by atoms with E-state index in [4.69, 9.17) is 19.3 Å². The molecule has 25 heavy (non-hydrogen) atoms. The summed E-state index contributed by atoms with van der Waals surface area (Å²) < 4.78 is 15.8. The second kappa shape index (κ2) is 6.34. The smallest absolute Gasteiger partial charge is 0.334 e. The predicted octanol–water partition coefficient (Wildman–Crippen LogP) is 1.46. The summed E-state index contributed by atoms with van der Waals surface area (Å²) in [5.41, 5.74) is 0.832. The molecule has 8 nitrogen and oxygen atoms in total. The topological polar surface area (TPSA) is 98.2 Å². The average Bonchev–Trinajstić information content (AvgIpc) is 3.29. The third kappa shape index (κ3) is 3.03. The number of carboxylic acids is 1. The van der Waals surface area contributed by atoms with Crippen molar-refractivity contribution in [2.45, 2.75) is 6.10 Å². The molecule has 1 unspecified atom stereocenters. The summed E-state index contributed by atoms with van der Waals surface area (Å²) in [4.78, 5) is 29.9. The first-order valence-electron chi connectivity index (χ1n) is 7.61.